The zero-order valence-electron chi connectivity index (χ0n) is 59.5. The van der Waals surface area contributed by atoms with Gasteiger partial charge in [-0.05, 0) is 89.9 Å². The van der Waals surface area contributed by atoms with Crippen molar-refractivity contribution in [3.05, 3.63) is 122 Å². The van der Waals surface area contributed by atoms with Crippen LogP contribution in [-0.4, -0.2) is 87.5 Å². The van der Waals surface area contributed by atoms with E-state index in [4.69, 9.17) is 9.47 Å². The van der Waals surface area contributed by atoms with Gasteiger partial charge in [0, 0.05) is 6.42 Å². The van der Waals surface area contributed by atoms with Crippen molar-refractivity contribution in [3.63, 3.8) is 0 Å². The molecule has 0 saturated carbocycles. The fourth-order valence-corrected chi connectivity index (χ4v) is 11.8. The first-order valence-corrected chi connectivity index (χ1v) is 38.7. The zero-order chi connectivity index (χ0) is 66.4. The quantitative estimate of drug-likeness (QED) is 0.0261. The monoisotopic (exact) mass is 1280 g/mol. The van der Waals surface area contributed by atoms with Crippen LogP contribution < -0.4 is 5.32 Å². The van der Waals surface area contributed by atoms with Gasteiger partial charge in [-0.25, -0.2) is 0 Å². The van der Waals surface area contributed by atoms with Gasteiger partial charge in [-0.3, -0.25) is 4.79 Å². The highest BCUT2D eigenvalue weighted by atomic mass is 16.7. The molecule has 0 spiro atoms. The summed E-state index contributed by atoms with van der Waals surface area (Å²) in [4.78, 5) is 13.2. The summed E-state index contributed by atoms with van der Waals surface area (Å²) in [5.74, 6) is -0.159. The molecule has 0 aromatic carbocycles. The van der Waals surface area contributed by atoms with Gasteiger partial charge in [-0.15, -0.1) is 0 Å². The highest BCUT2D eigenvalue weighted by Crippen LogP contribution is 2.24. The van der Waals surface area contributed by atoms with E-state index >= 15 is 0 Å². The Bertz CT molecular complexity index is 1880. The minimum Gasteiger partial charge on any atom is -0.394 e. The van der Waals surface area contributed by atoms with Crippen molar-refractivity contribution in [1.29, 1.82) is 0 Å². The summed E-state index contributed by atoms with van der Waals surface area (Å²) in [6.07, 6.45) is 98.5. The minimum atomic E-state index is -1.57. The van der Waals surface area contributed by atoms with Crippen molar-refractivity contribution in [2.24, 2.45) is 0 Å². The lowest BCUT2D eigenvalue weighted by molar-refractivity contribution is -0.302. The minimum absolute atomic E-state index is 0.150. The second-order valence-electron chi connectivity index (χ2n) is 26.4. The van der Waals surface area contributed by atoms with E-state index in [0.29, 0.717) is 12.8 Å². The Labute approximate surface area is 567 Å². The molecule has 1 fully saturated rings. The zero-order valence-corrected chi connectivity index (χ0v) is 59.5. The molecule has 7 unspecified atom stereocenters. The van der Waals surface area contributed by atoms with E-state index in [-0.39, 0.29) is 12.5 Å². The predicted molar refractivity (Wildman–Crippen MR) is 396 cm³/mol. The topological polar surface area (TPSA) is 149 Å². The Morgan fingerprint density at radius 1 is 0.380 bits per heavy atom. The summed E-state index contributed by atoms with van der Waals surface area (Å²) in [5.41, 5.74) is 0. The van der Waals surface area contributed by atoms with Crippen LogP contribution in [0.3, 0.4) is 0 Å². The molecule has 6 N–H and O–H groups in total. The number of carbonyl (C=O) groups is 1. The summed E-state index contributed by atoms with van der Waals surface area (Å²) >= 11 is 0. The van der Waals surface area contributed by atoms with E-state index in [9.17, 15) is 30.3 Å². The van der Waals surface area contributed by atoms with Crippen LogP contribution in [0.1, 0.15) is 341 Å². The van der Waals surface area contributed by atoms with Crippen molar-refractivity contribution in [2.45, 2.75) is 384 Å². The number of amides is 1. The van der Waals surface area contributed by atoms with Gasteiger partial charge in [-0.1, -0.05) is 367 Å². The number of aliphatic hydroxyl groups excluding tert-OH is 5. The van der Waals surface area contributed by atoms with Gasteiger partial charge in [0.2, 0.25) is 5.91 Å². The summed E-state index contributed by atoms with van der Waals surface area (Å²) in [6, 6.07) is -0.739. The fourth-order valence-electron chi connectivity index (χ4n) is 11.8. The van der Waals surface area contributed by atoms with Crippen molar-refractivity contribution in [1.82, 2.24) is 5.32 Å². The molecule has 92 heavy (non-hydrogen) atoms. The van der Waals surface area contributed by atoms with E-state index in [1.807, 2.05) is 0 Å². The van der Waals surface area contributed by atoms with Gasteiger partial charge in [-0.2, -0.15) is 0 Å². The number of unbranched alkanes of at least 4 members (excludes halogenated alkanes) is 37. The number of rotatable bonds is 67. The number of hydrogen-bond acceptors (Lipinski definition) is 8. The van der Waals surface area contributed by atoms with E-state index in [1.54, 1.807) is 0 Å². The smallest absolute Gasteiger partial charge is 0.220 e. The summed E-state index contributed by atoms with van der Waals surface area (Å²) in [7, 11) is 0. The summed E-state index contributed by atoms with van der Waals surface area (Å²) in [6.45, 7) is 3.75. The molecule has 0 aromatic heterocycles. The average molecular weight is 1290 g/mol. The molecule has 7 atom stereocenters. The van der Waals surface area contributed by atoms with Crippen molar-refractivity contribution in [2.75, 3.05) is 13.2 Å². The molecule has 0 bridgehead atoms. The van der Waals surface area contributed by atoms with Crippen LogP contribution in [-0.2, 0) is 14.3 Å². The first-order valence-electron chi connectivity index (χ1n) is 38.7. The molecule has 1 rings (SSSR count). The Balaban J connectivity index is 2.13. The molecule has 1 aliphatic heterocycles. The molecular weight excluding hydrogens is 1140 g/mol. The molecule has 1 heterocycles. The van der Waals surface area contributed by atoms with Crippen molar-refractivity contribution in [3.8, 4) is 0 Å². The Morgan fingerprint density at radius 2 is 0.674 bits per heavy atom. The maximum absolute atomic E-state index is 13.2. The normalized spacial score (nSPS) is 18.4. The van der Waals surface area contributed by atoms with Crippen LogP contribution in [0.15, 0.2) is 122 Å². The number of aliphatic hydroxyl groups is 5. The Hall–Kier alpha value is -3.41. The van der Waals surface area contributed by atoms with Crippen LogP contribution in [0.25, 0.3) is 0 Å². The number of ether oxygens (including phenoxy) is 2. The first kappa shape index (κ1) is 86.6. The maximum Gasteiger partial charge on any atom is 0.220 e. The number of carbonyl (C=O) groups excluding carboxylic acids is 1. The van der Waals surface area contributed by atoms with Gasteiger partial charge >= 0.3 is 0 Å². The third kappa shape index (κ3) is 58.0. The van der Waals surface area contributed by atoms with E-state index in [1.165, 1.54) is 186 Å². The van der Waals surface area contributed by atoms with Crippen LogP contribution in [0.2, 0.25) is 0 Å². The molecule has 530 valence electrons. The first-order chi connectivity index (χ1) is 45.3. The van der Waals surface area contributed by atoms with Gasteiger partial charge in [0.15, 0.2) is 6.29 Å². The Morgan fingerprint density at radius 3 is 1.00 bits per heavy atom. The summed E-state index contributed by atoms with van der Waals surface area (Å²) in [5, 5.41) is 55.1. The second-order valence-corrected chi connectivity index (χ2v) is 26.4. The van der Waals surface area contributed by atoms with Crippen LogP contribution in [0.4, 0.5) is 0 Å². The summed E-state index contributed by atoms with van der Waals surface area (Å²) < 4.78 is 11.4. The van der Waals surface area contributed by atoms with Gasteiger partial charge in [0.05, 0.1) is 25.4 Å². The molecule has 1 amide bonds. The fraction of sp³-hybridized carbons (Fsp3) is 0.747. The molecule has 0 aromatic rings. The van der Waals surface area contributed by atoms with Crippen LogP contribution in [0, 0.1) is 0 Å². The standard InChI is InChI=1S/C83H145NO8/c1-3-5-7-9-11-13-15-17-19-21-23-25-27-29-31-33-35-37-38-39-40-41-43-45-47-49-51-53-55-57-59-61-63-65-67-69-71-73-79(87)84-76(75-91-83-82(90)81(89)80(88)78(74-85)92-83)77(86)72-70-68-66-64-62-60-58-56-54-52-50-48-46-44-42-36-34-32-30-28-26-24-22-20-18-16-14-12-10-8-6-4-2/h5,7,11,13,17,19,23,25,29,31,35,37,39-40,43,45,49,51,55,57,76-78,80-83,85-86,88-90H,3-4,6,8-10,12,14-16,18,20-22,24,26-28,30,32-34,36,38,41-42,44,46-48,50,52-54,56,58-75H2,1-2H3,(H,84,87)/b7-5-,13-11-,19-17-,25-23-,31-29-,37-35-,40-39-,45-43-,51-49-,57-55-. The van der Waals surface area contributed by atoms with Gasteiger partial charge < -0.3 is 40.3 Å². The lowest BCUT2D eigenvalue weighted by Gasteiger charge is -2.40. The lowest BCUT2D eigenvalue weighted by atomic mass is 9.99. The molecule has 9 nitrogen and oxygen atoms in total. The molecule has 0 aliphatic carbocycles. The highest BCUT2D eigenvalue weighted by molar-refractivity contribution is 5.76. The SMILES string of the molecule is CC/C=C\C/C=C\C/C=C\C/C=C\C/C=C\C/C=C\C/C=C\C/C=C\C/C=C\C/C=C\CCCCCCCCC(=O)NC(COC1OC(CO)C(O)C(O)C1O)C(O)CCCCCCCCCCCCCCCCCCCCCCCCCCCCCCCCCC. The third-order valence-electron chi connectivity index (χ3n) is 17.8. The highest BCUT2D eigenvalue weighted by Gasteiger charge is 2.44. The van der Waals surface area contributed by atoms with Crippen molar-refractivity contribution < 1.29 is 39.8 Å². The van der Waals surface area contributed by atoms with E-state index < -0.39 is 49.5 Å². The molecule has 1 saturated heterocycles. The van der Waals surface area contributed by atoms with Crippen molar-refractivity contribution >= 4 is 5.91 Å². The third-order valence-corrected chi connectivity index (χ3v) is 17.8. The number of nitrogens with one attached hydrogen (secondary N) is 1. The average Bonchev–Trinajstić information content (AvgIpc) is 1.00. The molecular formula is C83H145NO8. The number of allylic oxidation sites excluding steroid dienone is 20. The van der Waals surface area contributed by atoms with Crippen LogP contribution in [0.5, 0.6) is 0 Å². The van der Waals surface area contributed by atoms with E-state index in [2.05, 4.69) is 141 Å². The molecule has 9 heteroatoms. The maximum atomic E-state index is 13.2. The molecule has 1 aliphatic rings. The van der Waals surface area contributed by atoms with Gasteiger partial charge in [0.1, 0.15) is 24.4 Å². The Kier molecular flexibility index (Phi) is 66.3. The van der Waals surface area contributed by atoms with E-state index in [0.717, 1.165) is 128 Å². The van der Waals surface area contributed by atoms with Gasteiger partial charge in [0.25, 0.3) is 0 Å². The number of hydrogen-bond donors (Lipinski definition) is 6. The molecule has 0 radical (unpaired) electrons. The largest absolute Gasteiger partial charge is 0.394 e. The second kappa shape index (κ2) is 70.4. The van der Waals surface area contributed by atoms with Crippen LogP contribution >= 0.6 is 0 Å². The lowest BCUT2D eigenvalue weighted by Crippen LogP contribution is -2.60. The predicted octanol–water partition coefficient (Wildman–Crippen LogP) is 22.1.